The molecular formula is C13H20O. The van der Waals surface area contributed by atoms with E-state index in [4.69, 9.17) is 5.11 Å². The van der Waals surface area contributed by atoms with Crippen LogP contribution in [-0.2, 0) is 6.42 Å². The van der Waals surface area contributed by atoms with Gasteiger partial charge >= 0.3 is 0 Å². The molecule has 78 valence electrons. The monoisotopic (exact) mass is 192 g/mol. The van der Waals surface area contributed by atoms with Crippen molar-refractivity contribution >= 4 is 0 Å². The van der Waals surface area contributed by atoms with Gasteiger partial charge in [-0.15, -0.1) is 0 Å². The second kappa shape index (κ2) is 5.16. The second-order valence-electron chi connectivity index (χ2n) is 4.03. The normalized spacial score (nSPS) is 12.9. The van der Waals surface area contributed by atoms with Gasteiger partial charge in [-0.25, -0.2) is 0 Å². The first kappa shape index (κ1) is 11.3. The number of aliphatic hydroxyl groups is 1. The van der Waals surface area contributed by atoms with Crippen molar-refractivity contribution in [1.29, 1.82) is 0 Å². The quantitative estimate of drug-likeness (QED) is 0.777. The molecule has 0 radical (unpaired) electrons. The van der Waals surface area contributed by atoms with Crippen molar-refractivity contribution in [2.45, 2.75) is 33.6 Å². The van der Waals surface area contributed by atoms with Gasteiger partial charge in [-0.1, -0.05) is 31.5 Å². The van der Waals surface area contributed by atoms with Gasteiger partial charge in [0.1, 0.15) is 0 Å². The SMILES string of the molecule is CCC(CO)Cc1c(C)cccc1C. The Balaban J connectivity index is 2.84. The maximum absolute atomic E-state index is 9.17. The van der Waals surface area contributed by atoms with Gasteiger partial charge in [0.15, 0.2) is 0 Å². The highest BCUT2D eigenvalue weighted by molar-refractivity contribution is 5.33. The Morgan fingerprint density at radius 1 is 1.21 bits per heavy atom. The summed E-state index contributed by atoms with van der Waals surface area (Å²) < 4.78 is 0. The standard InChI is InChI=1S/C13H20O/c1-4-12(9-14)8-13-10(2)6-5-7-11(13)3/h5-7,12,14H,4,8-9H2,1-3H3. The minimum Gasteiger partial charge on any atom is -0.396 e. The fourth-order valence-electron chi connectivity index (χ4n) is 1.80. The molecule has 1 unspecified atom stereocenters. The molecule has 1 aromatic carbocycles. The van der Waals surface area contributed by atoms with Crippen LogP contribution in [0.5, 0.6) is 0 Å². The second-order valence-corrected chi connectivity index (χ2v) is 4.03. The third kappa shape index (κ3) is 2.58. The zero-order chi connectivity index (χ0) is 10.6. The lowest BCUT2D eigenvalue weighted by Crippen LogP contribution is -2.10. The summed E-state index contributed by atoms with van der Waals surface area (Å²) in [5.41, 5.74) is 4.10. The predicted octanol–water partition coefficient (Wildman–Crippen LogP) is 2.86. The Labute approximate surface area is 86.8 Å². The lowest BCUT2D eigenvalue weighted by Gasteiger charge is -2.15. The molecule has 0 fully saturated rings. The van der Waals surface area contributed by atoms with Crippen LogP contribution in [0, 0.1) is 19.8 Å². The Morgan fingerprint density at radius 3 is 2.21 bits per heavy atom. The number of hydrogen-bond acceptors (Lipinski definition) is 1. The molecule has 1 heteroatoms. The molecule has 0 bridgehead atoms. The molecule has 1 atom stereocenters. The van der Waals surface area contributed by atoms with Gasteiger partial charge < -0.3 is 5.11 Å². The van der Waals surface area contributed by atoms with Gasteiger partial charge in [-0.2, -0.15) is 0 Å². The number of aryl methyl sites for hydroxylation is 2. The minimum absolute atomic E-state index is 0.296. The van der Waals surface area contributed by atoms with Crippen LogP contribution in [0.25, 0.3) is 0 Å². The van der Waals surface area contributed by atoms with Gasteiger partial charge in [0.25, 0.3) is 0 Å². The molecule has 14 heavy (non-hydrogen) atoms. The fourth-order valence-corrected chi connectivity index (χ4v) is 1.80. The summed E-state index contributed by atoms with van der Waals surface area (Å²) in [5.74, 6) is 0.412. The molecule has 1 aromatic rings. The van der Waals surface area contributed by atoms with E-state index in [0.717, 1.165) is 12.8 Å². The Bertz CT molecular complexity index is 267. The Kier molecular flexibility index (Phi) is 4.15. The number of hydrogen-bond donors (Lipinski definition) is 1. The van der Waals surface area contributed by atoms with Crippen LogP contribution < -0.4 is 0 Å². The van der Waals surface area contributed by atoms with Crippen LogP contribution in [0.1, 0.15) is 30.0 Å². The van der Waals surface area contributed by atoms with E-state index >= 15 is 0 Å². The van der Waals surface area contributed by atoms with Crippen molar-refractivity contribution in [2.75, 3.05) is 6.61 Å². The molecular weight excluding hydrogens is 172 g/mol. The molecule has 0 aromatic heterocycles. The Hall–Kier alpha value is -0.820. The third-order valence-corrected chi connectivity index (χ3v) is 2.97. The predicted molar refractivity (Wildman–Crippen MR) is 60.5 cm³/mol. The molecule has 0 spiro atoms. The van der Waals surface area contributed by atoms with Crippen molar-refractivity contribution < 1.29 is 5.11 Å². The first-order chi connectivity index (χ1) is 6.69. The van der Waals surface area contributed by atoms with Crippen LogP contribution >= 0.6 is 0 Å². The molecule has 0 amide bonds. The lowest BCUT2D eigenvalue weighted by molar-refractivity contribution is 0.222. The van der Waals surface area contributed by atoms with Crippen LogP contribution in [0.2, 0.25) is 0 Å². The maximum Gasteiger partial charge on any atom is 0.0462 e. The fraction of sp³-hybridized carbons (Fsp3) is 0.538. The highest BCUT2D eigenvalue weighted by Gasteiger charge is 2.09. The average molecular weight is 192 g/mol. The summed E-state index contributed by atoms with van der Waals surface area (Å²) in [5, 5.41) is 9.17. The van der Waals surface area contributed by atoms with Crippen LogP contribution in [0.4, 0.5) is 0 Å². The van der Waals surface area contributed by atoms with E-state index in [9.17, 15) is 0 Å². The smallest absolute Gasteiger partial charge is 0.0462 e. The summed E-state index contributed by atoms with van der Waals surface area (Å²) in [6.07, 6.45) is 2.05. The van der Waals surface area contributed by atoms with Gasteiger partial charge in [-0.05, 0) is 42.9 Å². The Morgan fingerprint density at radius 2 is 1.79 bits per heavy atom. The number of benzene rings is 1. The van der Waals surface area contributed by atoms with Gasteiger partial charge in [0, 0.05) is 6.61 Å². The average Bonchev–Trinajstić information content (AvgIpc) is 2.18. The van der Waals surface area contributed by atoms with Crippen LogP contribution in [-0.4, -0.2) is 11.7 Å². The van der Waals surface area contributed by atoms with Gasteiger partial charge in [-0.3, -0.25) is 0 Å². The molecule has 0 aliphatic rings. The topological polar surface area (TPSA) is 20.2 Å². The minimum atomic E-state index is 0.296. The van der Waals surface area contributed by atoms with E-state index in [0.29, 0.717) is 12.5 Å². The third-order valence-electron chi connectivity index (χ3n) is 2.97. The molecule has 0 heterocycles. The van der Waals surface area contributed by atoms with Crippen molar-refractivity contribution in [2.24, 2.45) is 5.92 Å². The van der Waals surface area contributed by atoms with Crippen molar-refractivity contribution in [3.63, 3.8) is 0 Å². The molecule has 1 N–H and O–H groups in total. The summed E-state index contributed by atoms with van der Waals surface area (Å²) in [7, 11) is 0. The highest BCUT2D eigenvalue weighted by atomic mass is 16.3. The summed E-state index contributed by atoms with van der Waals surface area (Å²) in [4.78, 5) is 0. The summed E-state index contributed by atoms with van der Waals surface area (Å²) >= 11 is 0. The molecule has 1 rings (SSSR count). The summed E-state index contributed by atoms with van der Waals surface area (Å²) in [6.45, 7) is 6.72. The van der Waals surface area contributed by atoms with E-state index in [1.807, 2.05) is 0 Å². The van der Waals surface area contributed by atoms with Crippen molar-refractivity contribution in [3.05, 3.63) is 34.9 Å². The molecule has 0 aliphatic heterocycles. The van der Waals surface area contributed by atoms with E-state index in [1.54, 1.807) is 0 Å². The molecule has 0 aliphatic carbocycles. The maximum atomic E-state index is 9.17. The number of aliphatic hydroxyl groups excluding tert-OH is 1. The molecule has 1 nitrogen and oxygen atoms in total. The van der Waals surface area contributed by atoms with E-state index < -0.39 is 0 Å². The van der Waals surface area contributed by atoms with E-state index in [-0.39, 0.29) is 0 Å². The first-order valence-electron chi connectivity index (χ1n) is 5.35. The number of rotatable bonds is 4. The van der Waals surface area contributed by atoms with Gasteiger partial charge in [0.05, 0.1) is 0 Å². The highest BCUT2D eigenvalue weighted by Crippen LogP contribution is 2.19. The van der Waals surface area contributed by atoms with Crippen molar-refractivity contribution in [3.8, 4) is 0 Å². The first-order valence-corrected chi connectivity index (χ1v) is 5.35. The molecule has 0 saturated heterocycles. The van der Waals surface area contributed by atoms with E-state index in [2.05, 4.69) is 39.0 Å². The van der Waals surface area contributed by atoms with E-state index in [1.165, 1.54) is 16.7 Å². The molecule has 0 saturated carbocycles. The largest absolute Gasteiger partial charge is 0.396 e. The van der Waals surface area contributed by atoms with Crippen LogP contribution in [0.15, 0.2) is 18.2 Å². The lowest BCUT2D eigenvalue weighted by atomic mass is 9.92. The zero-order valence-electron chi connectivity index (χ0n) is 9.38. The zero-order valence-corrected chi connectivity index (χ0v) is 9.38. The van der Waals surface area contributed by atoms with Crippen LogP contribution in [0.3, 0.4) is 0 Å². The summed E-state index contributed by atoms with van der Waals surface area (Å²) in [6, 6.07) is 6.38. The van der Waals surface area contributed by atoms with Crippen molar-refractivity contribution in [1.82, 2.24) is 0 Å². The van der Waals surface area contributed by atoms with Gasteiger partial charge in [0.2, 0.25) is 0 Å².